The zero-order valence-corrected chi connectivity index (χ0v) is 9.07. The fraction of sp³-hybridized carbons (Fsp3) is 0.400. The molecule has 1 atom stereocenters. The van der Waals surface area contributed by atoms with Crippen LogP contribution in [0.15, 0.2) is 24.3 Å². The largest absolute Gasteiger partial charge is 0.573 e. The van der Waals surface area contributed by atoms with Crippen LogP contribution in [0, 0.1) is 0 Å². The Morgan fingerprint density at radius 2 is 2.19 bits per heavy atom. The average Bonchev–Trinajstić information content (AvgIpc) is 2.68. The monoisotopic (exact) mass is 249 g/mol. The highest BCUT2D eigenvalue weighted by molar-refractivity contribution is 7.99. The topological polar surface area (TPSA) is 21.3 Å². The van der Waals surface area contributed by atoms with Crippen LogP contribution in [0.1, 0.15) is 10.9 Å². The van der Waals surface area contributed by atoms with Gasteiger partial charge in [-0.3, -0.25) is 0 Å². The Hall–Kier alpha value is -0.880. The van der Waals surface area contributed by atoms with Crippen LogP contribution in [0.4, 0.5) is 13.2 Å². The van der Waals surface area contributed by atoms with Gasteiger partial charge in [0.25, 0.3) is 0 Å². The first-order chi connectivity index (χ1) is 7.54. The number of halogens is 3. The summed E-state index contributed by atoms with van der Waals surface area (Å²) < 4.78 is 39.9. The van der Waals surface area contributed by atoms with Crippen molar-refractivity contribution in [1.29, 1.82) is 0 Å². The lowest BCUT2D eigenvalue weighted by Gasteiger charge is -2.13. The van der Waals surface area contributed by atoms with E-state index in [2.05, 4.69) is 10.1 Å². The molecule has 1 aromatic carbocycles. The Balaban J connectivity index is 2.12. The molecule has 2 nitrogen and oxygen atoms in total. The lowest BCUT2D eigenvalue weighted by atomic mass is 10.2. The van der Waals surface area contributed by atoms with E-state index >= 15 is 0 Å². The van der Waals surface area contributed by atoms with E-state index in [-0.39, 0.29) is 11.1 Å². The van der Waals surface area contributed by atoms with Gasteiger partial charge in [0.1, 0.15) is 5.75 Å². The molecule has 1 aliphatic rings. The number of benzene rings is 1. The van der Waals surface area contributed by atoms with Gasteiger partial charge in [0, 0.05) is 12.3 Å². The van der Waals surface area contributed by atoms with Crippen molar-refractivity contribution >= 4 is 11.8 Å². The average molecular weight is 249 g/mol. The maximum atomic E-state index is 12.0. The van der Waals surface area contributed by atoms with Gasteiger partial charge in [-0.2, -0.15) is 0 Å². The summed E-state index contributed by atoms with van der Waals surface area (Å²) in [6, 6.07) is 6.08. The van der Waals surface area contributed by atoms with Crippen molar-refractivity contribution in [2.24, 2.45) is 0 Å². The zero-order valence-electron chi connectivity index (χ0n) is 8.25. The van der Waals surface area contributed by atoms with Crippen molar-refractivity contribution in [3.05, 3.63) is 29.8 Å². The molecular formula is C10H10F3NOS. The molecule has 1 unspecified atom stereocenters. The van der Waals surface area contributed by atoms with E-state index in [1.807, 2.05) is 0 Å². The van der Waals surface area contributed by atoms with Crippen molar-refractivity contribution in [2.75, 3.05) is 12.3 Å². The fourth-order valence-electron chi connectivity index (χ4n) is 1.51. The Labute approximate surface area is 95.2 Å². The van der Waals surface area contributed by atoms with E-state index in [4.69, 9.17) is 0 Å². The third-order valence-electron chi connectivity index (χ3n) is 2.11. The van der Waals surface area contributed by atoms with Gasteiger partial charge in [-0.1, -0.05) is 12.1 Å². The molecule has 88 valence electrons. The van der Waals surface area contributed by atoms with E-state index in [9.17, 15) is 13.2 Å². The molecule has 0 spiro atoms. The molecule has 0 aliphatic carbocycles. The van der Waals surface area contributed by atoms with Gasteiger partial charge in [0.15, 0.2) is 0 Å². The maximum Gasteiger partial charge on any atom is 0.573 e. The van der Waals surface area contributed by atoms with Crippen LogP contribution in [0.5, 0.6) is 5.75 Å². The summed E-state index contributed by atoms with van der Waals surface area (Å²) in [4.78, 5) is 0. The van der Waals surface area contributed by atoms with E-state index in [0.29, 0.717) is 0 Å². The lowest BCUT2D eigenvalue weighted by Crippen LogP contribution is -2.17. The molecule has 1 heterocycles. The molecule has 0 aromatic heterocycles. The summed E-state index contributed by atoms with van der Waals surface area (Å²) in [7, 11) is 0. The molecule has 2 rings (SSSR count). The highest BCUT2D eigenvalue weighted by atomic mass is 32.2. The third kappa shape index (κ3) is 3.05. The Morgan fingerprint density at radius 3 is 2.81 bits per heavy atom. The van der Waals surface area contributed by atoms with Gasteiger partial charge in [-0.25, -0.2) is 0 Å². The predicted octanol–water partition coefficient (Wildman–Crippen LogP) is 2.92. The van der Waals surface area contributed by atoms with E-state index in [1.54, 1.807) is 23.9 Å². The first-order valence-electron chi connectivity index (χ1n) is 4.75. The van der Waals surface area contributed by atoms with Gasteiger partial charge >= 0.3 is 6.36 Å². The molecule has 1 aliphatic heterocycles. The molecule has 1 aromatic rings. The molecule has 1 fully saturated rings. The second-order valence-electron chi connectivity index (χ2n) is 3.33. The first kappa shape index (κ1) is 11.6. The SMILES string of the molecule is FC(F)(F)Oc1cccc(C2NCCS2)c1. The number of ether oxygens (including phenoxy) is 1. The highest BCUT2D eigenvalue weighted by Gasteiger charge is 2.31. The van der Waals surface area contributed by atoms with Crippen LogP contribution < -0.4 is 10.1 Å². The van der Waals surface area contributed by atoms with Gasteiger partial charge in [-0.15, -0.1) is 24.9 Å². The number of nitrogens with one attached hydrogen (secondary N) is 1. The molecule has 1 N–H and O–H groups in total. The molecule has 16 heavy (non-hydrogen) atoms. The Bertz CT molecular complexity index is 363. The predicted molar refractivity (Wildman–Crippen MR) is 56.3 cm³/mol. The van der Waals surface area contributed by atoms with Gasteiger partial charge in [0.05, 0.1) is 5.37 Å². The summed E-state index contributed by atoms with van der Waals surface area (Å²) >= 11 is 1.67. The van der Waals surface area contributed by atoms with Crippen LogP contribution in [0.3, 0.4) is 0 Å². The molecule has 0 radical (unpaired) electrons. The smallest absolute Gasteiger partial charge is 0.406 e. The fourth-order valence-corrected chi connectivity index (χ4v) is 2.56. The Morgan fingerprint density at radius 1 is 1.38 bits per heavy atom. The van der Waals surface area contributed by atoms with Crippen molar-refractivity contribution in [3.8, 4) is 5.75 Å². The highest BCUT2D eigenvalue weighted by Crippen LogP contribution is 2.32. The van der Waals surface area contributed by atoms with E-state index < -0.39 is 6.36 Å². The van der Waals surface area contributed by atoms with Crippen molar-refractivity contribution < 1.29 is 17.9 Å². The summed E-state index contributed by atoms with van der Waals surface area (Å²) in [5, 5.41) is 3.26. The number of hydrogen-bond donors (Lipinski definition) is 1. The van der Waals surface area contributed by atoms with Crippen LogP contribution in [-0.2, 0) is 0 Å². The minimum Gasteiger partial charge on any atom is -0.406 e. The molecule has 0 bridgehead atoms. The minimum atomic E-state index is -4.63. The normalized spacial score (nSPS) is 21.1. The maximum absolute atomic E-state index is 12.0. The first-order valence-corrected chi connectivity index (χ1v) is 5.80. The second-order valence-corrected chi connectivity index (χ2v) is 4.54. The number of alkyl halides is 3. The minimum absolute atomic E-state index is 0.0665. The van der Waals surface area contributed by atoms with Crippen LogP contribution in [0.2, 0.25) is 0 Å². The third-order valence-corrected chi connectivity index (χ3v) is 3.32. The van der Waals surface area contributed by atoms with Crippen molar-refractivity contribution in [2.45, 2.75) is 11.7 Å². The number of hydrogen-bond acceptors (Lipinski definition) is 3. The Kier molecular flexibility index (Phi) is 3.30. The van der Waals surface area contributed by atoms with Crippen molar-refractivity contribution in [3.63, 3.8) is 0 Å². The summed E-state index contributed by atoms with van der Waals surface area (Å²) in [5.74, 6) is 0.800. The van der Waals surface area contributed by atoms with Gasteiger partial charge in [-0.05, 0) is 17.7 Å². The number of rotatable bonds is 2. The van der Waals surface area contributed by atoms with Crippen LogP contribution in [0.25, 0.3) is 0 Å². The lowest BCUT2D eigenvalue weighted by molar-refractivity contribution is -0.274. The summed E-state index contributed by atoms with van der Waals surface area (Å²) in [5.41, 5.74) is 0.809. The molecule has 1 saturated heterocycles. The van der Waals surface area contributed by atoms with Crippen molar-refractivity contribution in [1.82, 2.24) is 5.32 Å². The van der Waals surface area contributed by atoms with Gasteiger partial charge < -0.3 is 10.1 Å². The molecular weight excluding hydrogens is 239 g/mol. The quantitative estimate of drug-likeness (QED) is 0.870. The second kappa shape index (κ2) is 4.55. The van der Waals surface area contributed by atoms with E-state index in [0.717, 1.165) is 17.9 Å². The van der Waals surface area contributed by atoms with Gasteiger partial charge in [0.2, 0.25) is 0 Å². The van der Waals surface area contributed by atoms with Crippen LogP contribution >= 0.6 is 11.8 Å². The summed E-state index contributed by atoms with van der Waals surface area (Å²) in [6.07, 6.45) is -4.63. The summed E-state index contributed by atoms with van der Waals surface area (Å²) in [6.45, 7) is 0.875. The van der Waals surface area contributed by atoms with E-state index in [1.165, 1.54) is 12.1 Å². The zero-order chi connectivity index (χ0) is 11.6. The van der Waals surface area contributed by atoms with Crippen LogP contribution in [-0.4, -0.2) is 18.7 Å². The molecule has 0 amide bonds. The molecule has 0 saturated carbocycles. The molecule has 6 heteroatoms. The number of thioether (sulfide) groups is 1. The standard InChI is InChI=1S/C10H10F3NOS/c11-10(12,13)15-8-3-1-2-7(6-8)9-14-4-5-16-9/h1-3,6,9,14H,4-5H2.